The summed E-state index contributed by atoms with van der Waals surface area (Å²) < 4.78 is 1.59. The molecule has 0 aliphatic carbocycles. The monoisotopic (exact) mass is 267 g/mol. The van der Waals surface area contributed by atoms with Gasteiger partial charge in [0.25, 0.3) is 11.5 Å². The molecular formula is C12H17N3O2S. The number of thioether (sulfide) groups is 1. The predicted molar refractivity (Wildman–Crippen MR) is 71.1 cm³/mol. The molecule has 1 amide bonds. The molecule has 0 atom stereocenters. The van der Waals surface area contributed by atoms with E-state index in [-0.39, 0.29) is 17.0 Å². The molecule has 2 rings (SSSR count). The van der Waals surface area contributed by atoms with Crippen LogP contribution < -0.4 is 5.56 Å². The molecule has 0 saturated heterocycles. The maximum Gasteiger partial charge on any atom is 0.267 e. The van der Waals surface area contributed by atoms with Gasteiger partial charge in [0.1, 0.15) is 5.56 Å². The molecular weight excluding hydrogens is 250 g/mol. The van der Waals surface area contributed by atoms with E-state index in [1.165, 1.54) is 6.20 Å². The van der Waals surface area contributed by atoms with E-state index in [9.17, 15) is 9.59 Å². The first-order chi connectivity index (χ1) is 8.65. The topological polar surface area (TPSA) is 55.2 Å². The number of hydrogen-bond donors (Lipinski definition) is 0. The lowest BCUT2D eigenvalue weighted by molar-refractivity contribution is 0.0790. The van der Waals surface area contributed by atoms with Crippen LogP contribution >= 0.6 is 11.8 Å². The van der Waals surface area contributed by atoms with Crippen LogP contribution in [0.25, 0.3) is 0 Å². The Bertz CT molecular complexity index is 513. The van der Waals surface area contributed by atoms with Gasteiger partial charge in [-0.25, -0.2) is 4.98 Å². The van der Waals surface area contributed by atoms with Crippen LogP contribution in [0.2, 0.25) is 0 Å². The largest absolute Gasteiger partial charge is 0.341 e. The van der Waals surface area contributed by atoms with E-state index in [1.54, 1.807) is 28.3 Å². The normalized spacial score (nSPS) is 13.4. The minimum atomic E-state index is -0.229. The van der Waals surface area contributed by atoms with Gasteiger partial charge in [-0.05, 0) is 6.42 Å². The van der Waals surface area contributed by atoms with Gasteiger partial charge in [-0.3, -0.25) is 14.2 Å². The Morgan fingerprint density at radius 2 is 2.39 bits per heavy atom. The number of amides is 1. The van der Waals surface area contributed by atoms with Crippen LogP contribution in [0.15, 0.2) is 16.1 Å². The lowest BCUT2D eigenvalue weighted by atomic mass is 10.2. The molecule has 2 heterocycles. The molecule has 18 heavy (non-hydrogen) atoms. The predicted octanol–water partition coefficient (Wildman–Crippen LogP) is 1.22. The van der Waals surface area contributed by atoms with Crippen molar-refractivity contribution < 1.29 is 4.79 Å². The summed E-state index contributed by atoms with van der Waals surface area (Å²) in [4.78, 5) is 30.1. The highest BCUT2D eigenvalue weighted by Crippen LogP contribution is 2.20. The van der Waals surface area contributed by atoms with Crippen LogP contribution in [-0.4, -0.2) is 39.7 Å². The number of fused-ring (bicyclic) bond motifs is 1. The van der Waals surface area contributed by atoms with Crippen LogP contribution in [0.4, 0.5) is 0 Å². The van der Waals surface area contributed by atoms with Crippen molar-refractivity contribution in [2.45, 2.75) is 31.5 Å². The van der Waals surface area contributed by atoms with Gasteiger partial charge in [0.2, 0.25) is 0 Å². The van der Waals surface area contributed by atoms with E-state index in [0.29, 0.717) is 18.2 Å². The summed E-state index contributed by atoms with van der Waals surface area (Å²) in [7, 11) is 1.73. The Labute approximate surface area is 110 Å². The fourth-order valence-electron chi connectivity index (χ4n) is 1.87. The SMILES string of the molecule is CCCCN(C)C(=O)c1cnc2n(c1=O)CCS2. The van der Waals surface area contributed by atoms with E-state index >= 15 is 0 Å². The van der Waals surface area contributed by atoms with Crippen molar-refractivity contribution in [1.82, 2.24) is 14.5 Å². The minimum Gasteiger partial charge on any atom is -0.341 e. The van der Waals surface area contributed by atoms with E-state index in [0.717, 1.165) is 18.6 Å². The summed E-state index contributed by atoms with van der Waals surface area (Å²) in [6, 6.07) is 0. The molecule has 0 radical (unpaired) electrons. The molecule has 6 heteroatoms. The molecule has 0 N–H and O–H groups in total. The number of hydrogen-bond acceptors (Lipinski definition) is 4. The average molecular weight is 267 g/mol. The van der Waals surface area contributed by atoms with E-state index in [2.05, 4.69) is 11.9 Å². The summed E-state index contributed by atoms with van der Waals surface area (Å²) in [6.45, 7) is 3.39. The van der Waals surface area contributed by atoms with Crippen molar-refractivity contribution in [3.05, 3.63) is 22.1 Å². The summed E-state index contributed by atoms with van der Waals surface area (Å²) in [6.07, 6.45) is 3.38. The van der Waals surface area contributed by atoms with Gasteiger partial charge < -0.3 is 4.90 Å². The maximum atomic E-state index is 12.1. The van der Waals surface area contributed by atoms with Crippen LogP contribution in [0, 0.1) is 0 Å². The number of unbranched alkanes of at least 4 members (excludes halogenated alkanes) is 1. The van der Waals surface area contributed by atoms with Gasteiger partial charge in [0, 0.05) is 32.1 Å². The summed E-state index contributed by atoms with van der Waals surface area (Å²) in [5, 5.41) is 0.716. The summed E-state index contributed by atoms with van der Waals surface area (Å²) in [5.74, 6) is 0.624. The Balaban J connectivity index is 2.24. The molecule has 0 saturated carbocycles. The number of carbonyl (C=O) groups excluding carboxylic acids is 1. The lowest BCUT2D eigenvalue weighted by Gasteiger charge is -2.16. The van der Waals surface area contributed by atoms with Gasteiger partial charge >= 0.3 is 0 Å². The zero-order chi connectivity index (χ0) is 13.1. The zero-order valence-corrected chi connectivity index (χ0v) is 11.5. The number of carbonyl (C=O) groups is 1. The van der Waals surface area contributed by atoms with E-state index in [4.69, 9.17) is 0 Å². The first kappa shape index (κ1) is 13.1. The third-order valence-electron chi connectivity index (χ3n) is 2.98. The molecule has 98 valence electrons. The standard InChI is InChI=1S/C12H17N3O2S/c1-3-4-5-14(2)10(16)9-8-13-12-15(11(9)17)6-7-18-12/h8H,3-7H2,1-2H3. The van der Waals surface area contributed by atoms with Crippen molar-refractivity contribution in [3.8, 4) is 0 Å². The van der Waals surface area contributed by atoms with Gasteiger partial charge in [-0.2, -0.15) is 0 Å². The molecule has 1 aliphatic heterocycles. The molecule has 1 aliphatic rings. The van der Waals surface area contributed by atoms with Crippen molar-refractivity contribution >= 4 is 17.7 Å². The van der Waals surface area contributed by atoms with Crippen molar-refractivity contribution in [2.75, 3.05) is 19.3 Å². The Hall–Kier alpha value is -1.30. The minimum absolute atomic E-state index is 0.180. The van der Waals surface area contributed by atoms with Crippen molar-refractivity contribution in [2.24, 2.45) is 0 Å². The maximum absolute atomic E-state index is 12.1. The number of aromatic nitrogens is 2. The highest BCUT2D eigenvalue weighted by Gasteiger charge is 2.21. The quantitative estimate of drug-likeness (QED) is 0.770. The Kier molecular flexibility index (Phi) is 4.06. The molecule has 1 aromatic heterocycles. The molecule has 0 aromatic carbocycles. The highest BCUT2D eigenvalue weighted by molar-refractivity contribution is 7.99. The van der Waals surface area contributed by atoms with Gasteiger partial charge in [-0.1, -0.05) is 25.1 Å². The first-order valence-corrected chi connectivity index (χ1v) is 7.11. The number of rotatable bonds is 4. The molecule has 0 spiro atoms. The van der Waals surface area contributed by atoms with Crippen molar-refractivity contribution in [3.63, 3.8) is 0 Å². The average Bonchev–Trinajstić information content (AvgIpc) is 2.84. The molecule has 1 aromatic rings. The van der Waals surface area contributed by atoms with E-state index in [1.807, 2.05) is 0 Å². The lowest BCUT2D eigenvalue weighted by Crippen LogP contribution is -2.35. The number of nitrogens with zero attached hydrogens (tertiary/aromatic N) is 3. The van der Waals surface area contributed by atoms with Gasteiger partial charge in [-0.15, -0.1) is 0 Å². The second-order valence-corrected chi connectivity index (χ2v) is 5.40. The summed E-state index contributed by atoms with van der Waals surface area (Å²) in [5.41, 5.74) is -0.0294. The second-order valence-electron chi connectivity index (χ2n) is 4.34. The van der Waals surface area contributed by atoms with Crippen LogP contribution in [0.5, 0.6) is 0 Å². The van der Waals surface area contributed by atoms with Crippen LogP contribution in [-0.2, 0) is 6.54 Å². The highest BCUT2D eigenvalue weighted by atomic mass is 32.2. The van der Waals surface area contributed by atoms with Gasteiger partial charge in [0.15, 0.2) is 5.16 Å². The summed E-state index contributed by atoms with van der Waals surface area (Å²) >= 11 is 1.55. The Morgan fingerprint density at radius 1 is 1.61 bits per heavy atom. The molecule has 5 nitrogen and oxygen atoms in total. The molecule has 0 bridgehead atoms. The van der Waals surface area contributed by atoms with Crippen molar-refractivity contribution in [1.29, 1.82) is 0 Å². The first-order valence-electron chi connectivity index (χ1n) is 6.13. The van der Waals surface area contributed by atoms with E-state index < -0.39 is 0 Å². The van der Waals surface area contributed by atoms with Gasteiger partial charge in [0.05, 0.1) is 0 Å². The zero-order valence-electron chi connectivity index (χ0n) is 10.7. The van der Waals surface area contributed by atoms with Crippen LogP contribution in [0.1, 0.15) is 30.1 Å². The fourth-order valence-corrected chi connectivity index (χ4v) is 2.78. The fraction of sp³-hybridized carbons (Fsp3) is 0.583. The molecule has 0 fully saturated rings. The third-order valence-corrected chi connectivity index (χ3v) is 3.95. The third kappa shape index (κ3) is 2.43. The second kappa shape index (κ2) is 5.56. The van der Waals surface area contributed by atoms with Crippen LogP contribution in [0.3, 0.4) is 0 Å². The molecule has 0 unspecified atom stereocenters. The Morgan fingerprint density at radius 3 is 3.11 bits per heavy atom. The smallest absolute Gasteiger partial charge is 0.267 e.